The summed E-state index contributed by atoms with van der Waals surface area (Å²) < 4.78 is 5.56. The van der Waals surface area contributed by atoms with Gasteiger partial charge in [0.1, 0.15) is 0 Å². The van der Waals surface area contributed by atoms with E-state index in [9.17, 15) is 15.3 Å². The summed E-state index contributed by atoms with van der Waals surface area (Å²) in [4.78, 5) is 2.31. The van der Waals surface area contributed by atoms with Gasteiger partial charge in [-0.3, -0.25) is 4.90 Å². The summed E-state index contributed by atoms with van der Waals surface area (Å²) in [5.74, 6) is 0.561. The van der Waals surface area contributed by atoms with Crippen LogP contribution in [-0.2, 0) is 11.8 Å². The number of benzene rings is 1. The standard InChI is InChI=1S/C20H27NO4/c1-3-9-21-10-8-19-12-14(22)6-7-20(19,24)16(21)11-13-4-5-15(23)18(25-2)17(13)19/h3-5,14,16,22-24H,1,6-12H2,2H3/t14?,16-,19-,20-/m1/s1. The fraction of sp³-hybridized carbons (Fsp3) is 0.600. The summed E-state index contributed by atoms with van der Waals surface area (Å²) in [6.45, 7) is 5.45. The molecule has 1 heterocycles. The molecule has 0 spiro atoms. The number of phenols is 1. The highest BCUT2D eigenvalue weighted by Gasteiger charge is 2.65. The van der Waals surface area contributed by atoms with Gasteiger partial charge in [0.25, 0.3) is 0 Å². The van der Waals surface area contributed by atoms with Gasteiger partial charge >= 0.3 is 0 Å². The van der Waals surface area contributed by atoms with E-state index in [1.54, 1.807) is 13.2 Å². The number of aliphatic hydroxyl groups excluding tert-OH is 1. The third-order valence-electron chi connectivity index (χ3n) is 6.77. The second-order valence-electron chi connectivity index (χ2n) is 7.81. The molecule has 3 N–H and O–H groups in total. The van der Waals surface area contributed by atoms with E-state index in [4.69, 9.17) is 4.74 Å². The quantitative estimate of drug-likeness (QED) is 0.728. The Balaban J connectivity index is 1.96. The minimum Gasteiger partial charge on any atom is -0.504 e. The average Bonchev–Trinajstić information content (AvgIpc) is 2.58. The monoisotopic (exact) mass is 345 g/mol. The summed E-state index contributed by atoms with van der Waals surface area (Å²) in [6, 6.07) is 3.61. The summed E-state index contributed by atoms with van der Waals surface area (Å²) in [7, 11) is 1.56. The molecule has 1 aromatic rings. The van der Waals surface area contributed by atoms with Crippen LogP contribution in [0.5, 0.6) is 11.5 Å². The molecule has 2 fully saturated rings. The molecule has 4 atom stereocenters. The number of aliphatic hydroxyl groups is 2. The van der Waals surface area contributed by atoms with Crippen molar-refractivity contribution in [1.29, 1.82) is 0 Å². The highest BCUT2D eigenvalue weighted by atomic mass is 16.5. The first-order chi connectivity index (χ1) is 12.0. The SMILES string of the molecule is C=CCN1CC[C@]23CC(O)CC[C@@]2(O)[C@H]1Cc1ccc(O)c(OC)c13. The van der Waals surface area contributed by atoms with Gasteiger partial charge in [0.15, 0.2) is 11.5 Å². The van der Waals surface area contributed by atoms with Crippen LogP contribution in [0.25, 0.3) is 0 Å². The van der Waals surface area contributed by atoms with E-state index in [0.29, 0.717) is 31.4 Å². The Morgan fingerprint density at radius 1 is 1.40 bits per heavy atom. The molecule has 5 heteroatoms. The van der Waals surface area contributed by atoms with Crippen LogP contribution in [0.3, 0.4) is 0 Å². The first kappa shape index (κ1) is 16.9. The molecule has 25 heavy (non-hydrogen) atoms. The van der Waals surface area contributed by atoms with E-state index in [2.05, 4.69) is 11.5 Å². The first-order valence-corrected chi connectivity index (χ1v) is 9.11. The molecule has 1 aromatic carbocycles. The summed E-state index contributed by atoms with van der Waals surface area (Å²) in [6.07, 6.45) is 4.57. The zero-order chi connectivity index (χ0) is 17.8. The molecule has 1 saturated carbocycles. The average molecular weight is 345 g/mol. The lowest BCUT2D eigenvalue weighted by atomic mass is 9.49. The summed E-state index contributed by atoms with van der Waals surface area (Å²) in [5.41, 5.74) is 0.504. The normalized spacial score (nSPS) is 37.1. The van der Waals surface area contributed by atoms with Gasteiger partial charge in [0.05, 0.1) is 18.8 Å². The molecule has 1 saturated heterocycles. The molecule has 5 nitrogen and oxygen atoms in total. The Morgan fingerprint density at radius 2 is 2.20 bits per heavy atom. The van der Waals surface area contributed by atoms with Crippen molar-refractivity contribution in [2.45, 2.75) is 55.3 Å². The maximum Gasteiger partial charge on any atom is 0.164 e. The number of nitrogens with zero attached hydrogens (tertiary/aromatic N) is 1. The number of hydrogen-bond acceptors (Lipinski definition) is 5. The van der Waals surface area contributed by atoms with E-state index in [0.717, 1.165) is 30.6 Å². The van der Waals surface area contributed by atoms with Gasteiger partial charge in [-0.2, -0.15) is 0 Å². The van der Waals surface area contributed by atoms with Crippen LogP contribution < -0.4 is 4.74 Å². The number of ether oxygens (including phenoxy) is 1. The third kappa shape index (κ3) is 2.12. The number of phenolic OH excluding ortho intramolecular Hbond substituents is 1. The zero-order valence-electron chi connectivity index (χ0n) is 14.7. The fourth-order valence-electron chi connectivity index (χ4n) is 5.75. The number of rotatable bonds is 3. The number of fused-ring (bicyclic) bond motifs is 1. The van der Waals surface area contributed by atoms with Crippen molar-refractivity contribution < 1.29 is 20.1 Å². The fourth-order valence-corrected chi connectivity index (χ4v) is 5.75. The first-order valence-electron chi connectivity index (χ1n) is 9.11. The van der Waals surface area contributed by atoms with E-state index >= 15 is 0 Å². The van der Waals surface area contributed by atoms with Gasteiger partial charge in [-0.1, -0.05) is 12.1 Å². The van der Waals surface area contributed by atoms with Gasteiger partial charge < -0.3 is 20.1 Å². The van der Waals surface area contributed by atoms with Crippen LogP contribution in [0.1, 0.15) is 36.8 Å². The lowest BCUT2D eigenvalue weighted by molar-refractivity contribution is -0.180. The number of aromatic hydroxyl groups is 1. The molecule has 1 aliphatic heterocycles. The van der Waals surface area contributed by atoms with Crippen LogP contribution >= 0.6 is 0 Å². The zero-order valence-corrected chi connectivity index (χ0v) is 14.7. The lowest BCUT2D eigenvalue weighted by Crippen LogP contribution is -2.73. The number of methoxy groups -OCH3 is 1. The van der Waals surface area contributed by atoms with Gasteiger partial charge in [-0.25, -0.2) is 0 Å². The molecule has 3 aliphatic rings. The maximum atomic E-state index is 11.9. The van der Waals surface area contributed by atoms with Crippen molar-refractivity contribution in [2.24, 2.45) is 0 Å². The Hall–Kier alpha value is -1.56. The van der Waals surface area contributed by atoms with Crippen LogP contribution in [0.4, 0.5) is 0 Å². The Morgan fingerprint density at radius 3 is 2.92 bits per heavy atom. The second kappa shape index (κ2) is 5.73. The number of likely N-dealkylation sites (tertiary alicyclic amines) is 1. The molecule has 2 bridgehead atoms. The van der Waals surface area contributed by atoms with Gasteiger partial charge in [0, 0.05) is 23.6 Å². The molecule has 2 aliphatic carbocycles. The molecule has 136 valence electrons. The van der Waals surface area contributed by atoms with Crippen LogP contribution in [0.2, 0.25) is 0 Å². The number of piperidine rings is 1. The van der Waals surface area contributed by atoms with E-state index in [-0.39, 0.29) is 11.8 Å². The summed E-state index contributed by atoms with van der Waals surface area (Å²) in [5, 5.41) is 32.7. The van der Waals surface area contributed by atoms with Crippen molar-refractivity contribution in [1.82, 2.24) is 4.90 Å². The van der Waals surface area contributed by atoms with E-state index in [1.807, 2.05) is 12.1 Å². The van der Waals surface area contributed by atoms with Crippen molar-refractivity contribution in [3.05, 3.63) is 35.9 Å². The van der Waals surface area contributed by atoms with Crippen molar-refractivity contribution in [2.75, 3.05) is 20.2 Å². The minimum absolute atomic E-state index is 0.00602. The third-order valence-corrected chi connectivity index (χ3v) is 6.77. The van der Waals surface area contributed by atoms with Crippen molar-refractivity contribution in [3.63, 3.8) is 0 Å². The smallest absolute Gasteiger partial charge is 0.164 e. The van der Waals surface area contributed by atoms with Crippen LogP contribution in [0.15, 0.2) is 24.8 Å². The Labute approximate surface area is 148 Å². The molecule has 0 radical (unpaired) electrons. The molecule has 4 rings (SSSR count). The van der Waals surface area contributed by atoms with Crippen molar-refractivity contribution >= 4 is 0 Å². The Kier molecular flexibility index (Phi) is 3.87. The van der Waals surface area contributed by atoms with Crippen molar-refractivity contribution in [3.8, 4) is 11.5 Å². The predicted molar refractivity (Wildman–Crippen MR) is 95.0 cm³/mol. The Bertz CT molecular complexity index is 705. The molecule has 0 aromatic heterocycles. The molecular weight excluding hydrogens is 318 g/mol. The van der Waals surface area contributed by atoms with E-state index < -0.39 is 17.1 Å². The van der Waals surface area contributed by atoms with Crippen LogP contribution in [0, 0.1) is 0 Å². The van der Waals surface area contributed by atoms with Gasteiger partial charge in [-0.15, -0.1) is 6.58 Å². The second-order valence-corrected chi connectivity index (χ2v) is 7.81. The topological polar surface area (TPSA) is 73.2 Å². The summed E-state index contributed by atoms with van der Waals surface area (Å²) >= 11 is 0. The largest absolute Gasteiger partial charge is 0.504 e. The molecule has 0 amide bonds. The lowest BCUT2D eigenvalue weighted by Gasteiger charge is -2.64. The minimum atomic E-state index is -0.929. The maximum absolute atomic E-state index is 11.9. The van der Waals surface area contributed by atoms with E-state index in [1.165, 1.54) is 0 Å². The highest BCUT2D eigenvalue weighted by Crippen LogP contribution is 2.61. The molecular formula is C20H27NO4. The predicted octanol–water partition coefficient (Wildman–Crippen LogP) is 1.73. The van der Waals surface area contributed by atoms with Gasteiger partial charge in [0.2, 0.25) is 0 Å². The highest BCUT2D eigenvalue weighted by molar-refractivity contribution is 5.58. The van der Waals surface area contributed by atoms with Crippen LogP contribution in [-0.4, -0.2) is 58.2 Å². The number of hydrogen-bond donors (Lipinski definition) is 3. The van der Waals surface area contributed by atoms with Gasteiger partial charge in [-0.05, 0) is 50.3 Å². The molecule has 1 unspecified atom stereocenters.